The van der Waals surface area contributed by atoms with E-state index in [-0.39, 0.29) is 56.6 Å². The number of carbonyl (C=O) groups excluding carboxylic acids is 3. The van der Waals surface area contributed by atoms with Gasteiger partial charge in [-0.1, -0.05) is 6.92 Å². The lowest BCUT2D eigenvalue weighted by Crippen LogP contribution is -2.37. The zero-order valence-electron chi connectivity index (χ0n) is 20.1. The molecule has 0 aromatic carbocycles. The van der Waals surface area contributed by atoms with E-state index in [0.717, 1.165) is 11.4 Å². The molecule has 0 heterocycles. The Kier molecular flexibility index (Phi) is 18.0. The molecule has 0 unspecified atom stereocenters. The summed E-state index contributed by atoms with van der Waals surface area (Å²) in [4.78, 5) is 72.1. The van der Waals surface area contributed by atoms with Gasteiger partial charge in [-0.3, -0.25) is 28.4 Å². The highest BCUT2D eigenvalue weighted by atomic mass is 31.2. The van der Waals surface area contributed by atoms with Crippen LogP contribution in [0, 0.1) is 0 Å². The average Bonchev–Trinajstić information content (AvgIpc) is 2.71. The predicted octanol–water partition coefficient (Wildman–Crippen LogP) is -2.33. The van der Waals surface area contributed by atoms with Gasteiger partial charge in [-0.25, -0.2) is 0 Å². The Morgan fingerprint density at radius 2 is 1.09 bits per heavy atom. The maximum Gasteiger partial charge on any atom is 0.339 e. The van der Waals surface area contributed by atoms with Gasteiger partial charge in [-0.15, -0.1) is 0 Å². The van der Waals surface area contributed by atoms with E-state index in [9.17, 15) is 23.5 Å². The van der Waals surface area contributed by atoms with Crippen LogP contribution in [0.1, 0.15) is 32.6 Å². The van der Waals surface area contributed by atoms with E-state index in [2.05, 4.69) is 26.6 Å². The summed E-state index contributed by atoms with van der Waals surface area (Å²) in [6.45, 7) is 5.18. The molecule has 0 atom stereocenters. The molecule has 0 saturated carbocycles. The Labute approximate surface area is 205 Å². The van der Waals surface area contributed by atoms with E-state index in [4.69, 9.17) is 19.6 Å². The molecule has 0 aromatic heterocycles. The minimum absolute atomic E-state index is 0.0116. The fourth-order valence-electron chi connectivity index (χ4n) is 2.84. The highest BCUT2D eigenvalue weighted by Gasteiger charge is 2.25. The van der Waals surface area contributed by atoms with Gasteiger partial charge in [0.25, 0.3) is 0 Å². The van der Waals surface area contributed by atoms with Crippen molar-refractivity contribution in [3.63, 3.8) is 0 Å². The van der Waals surface area contributed by atoms with Crippen LogP contribution in [0.25, 0.3) is 0 Å². The largest absolute Gasteiger partial charge is 0.355 e. The summed E-state index contributed by atoms with van der Waals surface area (Å²) in [5, 5.41) is 14.1. The van der Waals surface area contributed by atoms with Crippen molar-refractivity contribution in [1.82, 2.24) is 31.5 Å². The maximum absolute atomic E-state index is 11.8. The lowest BCUT2D eigenvalue weighted by Gasteiger charge is -2.22. The molecule has 0 aromatic rings. The maximum atomic E-state index is 11.8. The first kappa shape index (κ1) is 33.6. The van der Waals surface area contributed by atoms with Crippen molar-refractivity contribution in [1.29, 1.82) is 0 Å². The van der Waals surface area contributed by atoms with Gasteiger partial charge in [0, 0.05) is 58.5 Å². The second-order valence-electron chi connectivity index (χ2n) is 7.76. The molecule has 0 aliphatic carbocycles. The molecule has 0 spiro atoms. The third-order valence-electron chi connectivity index (χ3n) is 4.35. The molecular weight excluding hydrogens is 506 g/mol. The van der Waals surface area contributed by atoms with Crippen LogP contribution in [0.15, 0.2) is 0 Å². The van der Waals surface area contributed by atoms with E-state index < -0.39 is 27.8 Å². The van der Waals surface area contributed by atoms with Crippen molar-refractivity contribution >= 4 is 32.9 Å². The molecule has 9 N–H and O–H groups in total. The highest BCUT2D eigenvalue weighted by Crippen LogP contribution is 2.40. The molecule has 0 rings (SSSR count). The van der Waals surface area contributed by atoms with Crippen LogP contribution in [-0.2, 0) is 23.5 Å². The first-order valence-corrected chi connectivity index (χ1v) is 14.9. The number of carbonyl (C=O) groups is 3. The quantitative estimate of drug-likeness (QED) is 0.0545. The Bertz CT molecular complexity index is 707. The topological polar surface area (TPSA) is 230 Å². The van der Waals surface area contributed by atoms with E-state index in [1.807, 2.05) is 6.92 Å². The van der Waals surface area contributed by atoms with Crippen LogP contribution < -0.4 is 26.6 Å². The third kappa shape index (κ3) is 24.1. The minimum atomic E-state index is -4.51. The van der Waals surface area contributed by atoms with E-state index in [0.29, 0.717) is 32.6 Å². The van der Waals surface area contributed by atoms with E-state index in [1.54, 1.807) is 0 Å². The molecule has 0 aliphatic rings. The van der Waals surface area contributed by atoms with Gasteiger partial charge in [0.15, 0.2) is 0 Å². The van der Waals surface area contributed by atoms with Crippen LogP contribution in [0.2, 0.25) is 0 Å². The van der Waals surface area contributed by atoms with E-state index >= 15 is 0 Å². The summed E-state index contributed by atoms with van der Waals surface area (Å²) < 4.78 is 22.2. The summed E-state index contributed by atoms with van der Waals surface area (Å²) >= 11 is 0. The van der Waals surface area contributed by atoms with Crippen LogP contribution in [0.3, 0.4) is 0 Å². The standard InChI is InChI=1S/C18H40N6O9P2/c1-2-19-7-5-17(26)21-10-9-20-8-6-18(27)23-12-11-22-16(25)4-3-13-24(14-34(28,29)30)15-35(31,32)33/h19-20H,2-15H2,1H3,(H,21,26)(H,22,25)(H,23,27)(H2,28,29,30)(H2,31,32,33). The zero-order valence-corrected chi connectivity index (χ0v) is 21.9. The Hall–Kier alpha value is -1.41. The zero-order chi connectivity index (χ0) is 26.7. The van der Waals surface area contributed by atoms with Crippen molar-refractivity contribution in [3.8, 4) is 0 Å². The van der Waals surface area contributed by atoms with Gasteiger partial charge in [0.2, 0.25) is 17.7 Å². The predicted molar refractivity (Wildman–Crippen MR) is 129 cm³/mol. The Morgan fingerprint density at radius 1 is 0.657 bits per heavy atom. The van der Waals surface area contributed by atoms with Gasteiger partial charge in [-0.05, 0) is 19.5 Å². The van der Waals surface area contributed by atoms with Crippen LogP contribution in [0.5, 0.6) is 0 Å². The van der Waals surface area contributed by atoms with Crippen molar-refractivity contribution in [2.45, 2.75) is 32.6 Å². The molecule has 15 nitrogen and oxygen atoms in total. The second kappa shape index (κ2) is 18.8. The summed E-state index contributed by atoms with van der Waals surface area (Å²) in [6.07, 6.45) is -0.851. The number of hydrogen-bond donors (Lipinski definition) is 9. The van der Waals surface area contributed by atoms with Gasteiger partial charge in [-0.2, -0.15) is 0 Å². The molecular formula is C18H40N6O9P2. The van der Waals surface area contributed by atoms with Crippen molar-refractivity contribution in [2.24, 2.45) is 0 Å². The molecule has 0 aliphatic heterocycles. The normalized spacial score (nSPS) is 11.9. The van der Waals surface area contributed by atoms with Crippen LogP contribution >= 0.6 is 15.2 Å². The average molecular weight is 546 g/mol. The molecule has 3 amide bonds. The molecule has 0 radical (unpaired) electrons. The highest BCUT2D eigenvalue weighted by molar-refractivity contribution is 7.52. The molecule has 0 bridgehead atoms. The molecule has 0 fully saturated rings. The molecule has 17 heteroatoms. The molecule has 0 saturated heterocycles. The first-order valence-electron chi connectivity index (χ1n) is 11.4. The van der Waals surface area contributed by atoms with Crippen molar-refractivity contribution in [3.05, 3.63) is 0 Å². The minimum Gasteiger partial charge on any atom is -0.355 e. The lowest BCUT2D eigenvalue weighted by molar-refractivity contribution is -0.122. The number of hydrogen-bond acceptors (Lipinski definition) is 8. The number of rotatable bonds is 21. The third-order valence-corrected chi connectivity index (χ3v) is 5.88. The Morgan fingerprint density at radius 3 is 1.54 bits per heavy atom. The van der Waals surface area contributed by atoms with Crippen molar-refractivity contribution in [2.75, 3.05) is 64.9 Å². The number of amides is 3. The summed E-state index contributed by atoms with van der Waals surface area (Å²) in [7, 11) is -9.02. The van der Waals surface area contributed by atoms with Gasteiger partial charge in [0.05, 0.1) is 0 Å². The first-order chi connectivity index (χ1) is 16.3. The lowest BCUT2D eigenvalue weighted by atomic mass is 10.3. The summed E-state index contributed by atoms with van der Waals surface area (Å²) in [5.74, 6) is -0.597. The monoisotopic (exact) mass is 546 g/mol. The molecule has 206 valence electrons. The fourth-order valence-corrected chi connectivity index (χ4v) is 4.52. The van der Waals surface area contributed by atoms with E-state index in [1.165, 1.54) is 0 Å². The van der Waals surface area contributed by atoms with Crippen LogP contribution in [-0.4, -0.2) is 107 Å². The second-order valence-corrected chi connectivity index (χ2v) is 11.0. The molecule has 35 heavy (non-hydrogen) atoms. The summed E-state index contributed by atoms with van der Waals surface area (Å²) in [6, 6.07) is 0. The van der Waals surface area contributed by atoms with Crippen LogP contribution in [0.4, 0.5) is 0 Å². The SMILES string of the molecule is CCNCCC(=O)NCCNCCC(=O)NCCNC(=O)CCCN(CP(=O)(O)O)CP(=O)(O)O. The smallest absolute Gasteiger partial charge is 0.339 e. The number of nitrogens with zero attached hydrogens (tertiary/aromatic N) is 1. The van der Waals surface area contributed by atoms with Gasteiger partial charge in [0.1, 0.15) is 12.6 Å². The van der Waals surface area contributed by atoms with Crippen molar-refractivity contribution < 1.29 is 43.1 Å². The Balaban J connectivity index is 3.83. The van der Waals surface area contributed by atoms with Gasteiger partial charge >= 0.3 is 15.2 Å². The van der Waals surface area contributed by atoms with Gasteiger partial charge < -0.3 is 46.2 Å². The number of nitrogens with one attached hydrogen (secondary N) is 5. The summed E-state index contributed by atoms with van der Waals surface area (Å²) in [5.41, 5.74) is 0. The fraction of sp³-hybridized carbons (Fsp3) is 0.833.